The molecule has 1 heterocycles. The summed E-state index contributed by atoms with van der Waals surface area (Å²) in [5.74, 6) is 0.710. The number of hydrogen-bond donors (Lipinski definition) is 1. The molecule has 0 atom stereocenters. The van der Waals surface area contributed by atoms with E-state index in [1.807, 2.05) is 18.2 Å². The number of aromatic amines is 1. The summed E-state index contributed by atoms with van der Waals surface area (Å²) in [5.41, 5.74) is 0.998. The van der Waals surface area contributed by atoms with Crippen molar-refractivity contribution in [3.8, 4) is 17.0 Å². The van der Waals surface area contributed by atoms with E-state index in [1.165, 1.54) is 6.07 Å². The summed E-state index contributed by atoms with van der Waals surface area (Å²) in [7, 11) is 1.58. The van der Waals surface area contributed by atoms with Crippen molar-refractivity contribution in [1.29, 1.82) is 0 Å². The van der Waals surface area contributed by atoms with Crippen molar-refractivity contribution < 1.29 is 4.74 Å². The molecular weight excluding hydrogens is 228 g/mol. The van der Waals surface area contributed by atoms with Gasteiger partial charge in [0.05, 0.1) is 12.1 Å². The Hall–Kier alpha value is -1.81. The topological polar surface area (TPSA) is 55.0 Å². The van der Waals surface area contributed by atoms with E-state index in [0.717, 1.165) is 5.56 Å². The van der Waals surface area contributed by atoms with Crippen LogP contribution in [0.2, 0.25) is 5.02 Å². The van der Waals surface area contributed by atoms with Crippen LogP contribution in [0.3, 0.4) is 0 Å². The van der Waals surface area contributed by atoms with Gasteiger partial charge in [-0.25, -0.2) is 5.10 Å². The van der Waals surface area contributed by atoms with Crippen LogP contribution in [0.4, 0.5) is 0 Å². The number of nitrogens with one attached hydrogen (secondary N) is 1. The number of methoxy groups -OCH3 is 1. The molecule has 0 aliphatic heterocycles. The molecule has 0 fully saturated rings. The maximum atomic E-state index is 11.0. The quantitative estimate of drug-likeness (QED) is 0.869. The standard InChI is InChI=1S/C11H9ClN2O2/c1-16-8-4-2-3-7(5-8)11-9(12)6-10(15)13-14-11/h2-6H,1H3,(H,13,15). The van der Waals surface area contributed by atoms with Crippen LogP contribution in [0.15, 0.2) is 35.1 Å². The molecule has 1 aromatic carbocycles. The van der Waals surface area contributed by atoms with Gasteiger partial charge in [-0.15, -0.1) is 0 Å². The van der Waals surface area contributed by atoms with Gasteiger partial charge in [-0.1, -0.05) is 23.7 Å². The van der Waals surface area contributed by atoms with Crippen LogP contribution in [0.5, 0.6) is 5.75 Å². The highest BCUT2D eigenvalue weighted by atomic mass is 35.5. The zero-order valence-corrected chi connectivity index (χ0v) is 9.28. The normalized spacial score (nSPS) is 10.1. The fourth-order valence-corrected chi connectivity index (χ4v) is 1.60. The molecule has 2 rings (SSSR count). The average molecular weight is 237 g/mol. The summed E-state index contributed by atoms with van der Waals surface area (Å²) in [6.07, 6.45) is 0. The Morgan fingerprint density at radius 3 is 2.88 bits per heavy atom. The Bertz CT molecular complexity index is 566. The van der Waals surface area contributed by atoms with Crippen molar-refractivity contribution in [3.05, 3.63) is 45.7 Å². The summed E-state index contributed by atoms with van der Waals surface area (Å²) in [6, 6.07) is 8.59. The second-order valence-corrected chi connectivity index (χ2v) is 3.57. The largest absolute Gasteiger partial charge is 0.497 e. The molecule has 0 saturated heterocycles. The maximum absolute atomic E-state index is 11.0. The Morgan fingerprint density at radius 2 is 2.19 bits per heavy atom. The van der Waals surface area contributed by atoms with E-state index < -0.39 is 0 Å². The number of ether oxygens (including phenoxy) is 1. The highest BCUT2D eigenvalue weighted by Gasteiger charge is 2.06. The molecule has 2 aromatic rings. The van der Waals surface area contributed by atoms with Crippen LogP contribution in [-0.4, -0.2) is 17.3 Å². The first kappa shape index (κ1) is 10.7. The molecule has 0 amide bonds. The Kier molecular flexibility index (Phi) is 2.92. The molecule has 0 bridgehead atoms. The third-order valence-corrected chi connectivity index (χ3v) is 2.39. The highest BCUT2D eigenvalue weighted by Crippen LogP contribution is 2.26. The van der Waals surface area contributed by atoms with E-state index >= 15 is 0 Å². The summed E-state index contributed by atoms with van der Waals surface area (Å²) < 4.78 is 5.10. The second kappa shape index (κ2) is 4.37. The van der Waals surface area contributed by atoms with Gasteiger partial charge in [-0.05, 0) is 12.1 Å². The van der Waals surface area contributed by atoms with Crippen LogP contribution in [0.25, 0.3) is 11.3 Å². The average Bonchev–Trinajstić information content (AvgIpc) is 2.29. The molecule has 16 heavy (non-hydrogen) atoms. The molecule has 0 spiro atoms. The van der Waals surface area contributed by atoms with Gasteiger partial charge in [-0.2, -0.15) is 5.10 Å². The molecule has 0 unspecified atom stereocenters. The van der Waals surface area contributed by atoms with Crippen molar-refractivity contribution in [2.75, 3.05) is 7.11 Å². The number of hydrogen-bond acceptors (Lipinski definition) is 3. The Morgan fingerprint density at radius 1 is 1.38 bits per heavy atom. The summed E-state index contributed by atoms with van der Waals surface area (Å²) in [4.78, 5) is 11.0. The van der Waals surface area contributed by atoms with E-state index in [0.29, 0.717) is 16.5 Å². The molecule has 0 saturated carbocycles. The molecule has 5 heteroatoms. The lowest BCUT2D eigenvalue weighted by Gasteiger charge is -2.04. The van der Waals surface area contributed by atoms with Gasteiger partial charge in [0.1, 0.15) is 11.4 Å². The molecule has 1 aromatic heterocycles. The molecule has 0 radical (unpaired) electrons. The monoisotopic (exact) mass is 236 g/mol. The van der Waals surface area contributed by atoms with E-state index in [9.17, 15) is 4.79 Å². The van der Waals surface area contributed by atoms with Crippen LogP contribution in [0.1, 0.15) is 0 Å². The molecule has 82 valence electrons. The summed E-state index contributed by atoms with van der Waals surface area (Å²) in [5, 5.41) is 6.56. The van der Waals surface area contributed by atoms with E-state index in [-0.39, 0.29) is 5.56 Å². The van der Waals surface area contributed by atoms with Crippen LogP contribution in [0, 0.1) is 0 Å². The minimum Gasteiger partial charge on any atom is -0.497 e. The van der Waals surface area contributed by atoms with Gasteiger partial charge < -0.3 is 4.74 Å². The fraction of sp³-hybridized carbons (Fsp3) is 0.0909. The van der Waals surface area contributed by atoms with E-state index in [4.69, 9.17) is 16.3 Å². The number of halogens is 1. The minimum absolute atomic E-state index is 0.317. The highest BCUT2D eigenvalue weighted by molar-refractivity contribution is 6.32. The van der Waals surface area contributed by atoms with E-state index in [2.05, 4.69) is 10.2 Å². The predicted octanol–water partition coefficient (Wildman–Crippen LogP) is 2.10. The third-order valence-electron chi connectivity index (χ3n) is 2.11. The summed E-state index contributed by atoms with van der Waals surface area (Å²) >= 11 is 5.94. The van der Waals surface area contributed by atoms with Crippen LogP contribution >= 0.6 is 11.6 Å². The van der Waals surface area contributed by atoms with Gasteiger partial charge in [0.15, 0.2) is 0 Å². The fourth-order valence-electron chi connectivity index (χ4n) is 1.35. The molecular formula is C11H9ClN2O2. The van der Waals surface area contributed by atoms with Gasteiger partial charge >= 0.3 is 0 Å². The van der Waals surface area contributed by atoms with Gasteiger partial charge in [0, 0.05) is 11.6 Å². The second-order valence-electron chi connectivity index (χ2n) is 3.16. The van der Waals surface area contributed by atoms with Crippen molar-refractivity contribution in [3.63, 3.8) is 0 Å². The predicted molar refractivity (Wildman–Crippen MR) is 61.9 cm³/mol. The minimum atomic E-state index is -0.323. The van der Waals surface area contributed by atoms with Gasteiger partial charge in [-0.3, -0.25) is 4.79 Å². The molecule has 0 aliphatic rings. The molecule has 0 aliphatic carbocycles. The zero-order valence-electron chi connectivity index (χ0n) is 8.53. The van der Waals surface area contributed by atoms with Crippen LogP contribution in [-0.2, 0) is 0 Å². The lowest BCUT2D eigenvalue weighted by atomic mass is 10.1. The van der Waals surface area contributed by atoms with Crippen molar-refractivity contribution >= 4 is 11.6 Å². The van der Waals surface area contributed by atoms with Crippen LogP contribution < -0.4 is 10.3 Å². The van der Waals surface area contributed by atoms with Gasteiger partial charge in [0.25, 0.3) is 5.56 Å². The number of nitrogens with zero attached hydrogens (tertiary/aromatic N) is 1. The first-order valence-corrected chi connectivity index (χ1v) is 4.98. The van der Waals surface area contributed by atoms with Crippen molar-refractivity contribution in [1.82, 2.24) is 10.2 Å². The zero-order chi connectivity index (χ0) is 11.5. The Labute approximate surface area is 96.8 Å². The maximum Gasteiger partial charge on any atom is 0.265 e. The van der Waals surface area contributed by atoms with Crippen molar-refractivity contribution in [2.24, 2.45) is 0 Å². The SMILES string of the molecule is COc1cccc(-c2n[nH]c(=O)cc2Cl)c1. The molecule has 1 N–H and O–H groups in total. The number of benzene rings is 1. The summed E-state index contributed by atoms with van der Waals surface area (Å²) in [6.45, 7) is 0. The first-order chi connectivity index (χ1) is 7.70. The number of aromatic nitrogens is 2. The Balaban J connectivity index is 2.54. The number of rotatable bonds is 2. The van der Waals surface area contributed by atoms with E-state index in [1.54, 1.807) is 13.2 Å². The number of H-pyrrole nitrogens is 1. The first-order valence-electron chi connectivity index (χ1n) is 4.60. The molecule has 4 nitrogen and oxygen atoms in total. The van der Waals surface area contributed by atoms with Crippen molar-refractivity contribution in [2.45, 2.75) is 0 Å². The smallest absolute Gasteiger partial charge is 0.265 e. The lowest BCUT2D eigenvalue weighted by Crippen LogP contribution is -2.06. The third kappa shape index (κ3) is 2.06. The van der Waals surface area contributed by atoms with Gasteiger partial charge in [0.2, 0.25) is 0 Å². The lowest BCUT2D eigenvalue weighted by molar-refractivity contribution is 0.415.